The van der Waals surface area contributed by atoms with Crippen LogP contribution in [0.1, 0.15) is 52.5 Å². The summed E-state index contributed by atoms with van der Waals surface area (Å²) in [5, 5.41) is 5.81. The summed E-state index contributed by atoms with van der Waals surface area (Å²) in [5.41, 5.74) is 2.00. The minimum Gasteiger partial charge on any atom is -0.354 e. The number of likely N-dealkylation sites (tertiary alicyclic amines) is 1. The molecule has 1 saturated heterocycles. The van der Waals surface area contributed by atoms with Crippen LogP contribution >= 0.6 is 0 Å². The summed E-state index contributed by atoms with van der Waals surface area (Å²) >= 11 is 0. The van der Waals surface area contributed by atoms with Crippen molar-refractivity contribution in [1.82, 2.24) is 15.5 Å². The third-order valence-corrected chi connectivity index (χ3v) is 5.82. The summed E-state index contributed by atoms with van der Waals surface area (Å²) in [6, 6.07) is 12.0. The lowest BCUT2D eigenvalue weighted by Gasteiger charge is -2.36. The van der Waals surface area contributed by atoms with E-state index in [1.807, 2.05) is 26.0 Å². The van der Waals surface area contributed by atoms with Gasteiger partial charge in [-0.05, 0) is 68.5 Å². The molecule has 3 rings (SSSR count). The Hall–Kier alpha value is -3.22. The van der Waals surface area contributed by atoms with Gasteiger partial charge in [-0.2, -0.15) is 0 Å². The first-order valence-corrected chi connectivity index (χ1v) is 11.1. The maximum absolute atomic E-state index is 13.1. The molecule has 7 heteroatoms. The Bertz CT molecular complexity index is 936. The van der Waals surface area contributed by atoms with Crippen LogP contribution < -0.4 is 10.6 Å². The summed E-state index contributed by atoms with van der Waals surface area (Å²) in [6.45, 7) is 5.40. The maximum Gasteiger partial charge on any atom is 0.253 e. The Morgan fingerprint density at radius 2 is 1.59 bits per heavy atom. The number of carbonyl (C=O) groups is 3. The van der Waals surface area contributed by atoms with Gasteiger partial charge in [0.1, 0.15) is 11.9 Å². The van der Waals surface area contributed by atoms with Gasteiger partial charge in [-0.1, -0.05) is 24.6 Å². The van der Waals surface area contributed by atoms with Gasteiger partial charge >= 0.3 is 0 Å². The minimum absolute atomic E-state index is 0.0847. The summed E-state index contributed by atoms with van der Waals surface area (Å²) < 4.78 is 13.1. The van der Waals surface area contributed by atoms with Gasteiger partial charge in [-0.15, -0.1) is 0 Å². The molecule has 3 amide bonds. The monoisotopic (exact) mass is 439 g/mol. The van der Waals surface area contributed by atoms with Gasteiger partial charge in [0.25, 0.3) is 11.8 Å². The number of hydrogen-bond donors (Lipinski definition) is 2. The molecule has 1 unspecified atom stereocenters. The second-order valence-corrected chi connectivity index (χ2v) is 8.24. The summed E-state index contributed by atoms with van der Waals surface area (Å²) in [5.74, 6) is -1.11. The number of rotatable bonds is 7. The van der Waals surface area contributed by atoms with E-state index in [1.165, 1.54) is 24.3 Å². The van der Waals surface area contributed by atoms with Crippen molar-refractivity contribution >= 4 is 17.7 Å². The fraction of sp³-hybridized carbons (Fsp3) is 0.400. The lowest BCUT2D eigenvalue weighted by atomic mass is 9.88. The number of carbonyl (C=O) groups excluding carboxylic acids is 3. The van der Waals surface area contributed by atoms with Crippen LogP contribution in [0.15, 0.2) is 48.5 Å². The number of nitrogens with one attached hydrogen (secondary N) is 2. The van der Waals surface area contributed by atoms with Crippen molar-refractivity contribution in [3.05, 3.63) is 71.0 Å². The van der Waals surface area contributed by atoms with Gasteiger partial charge in [0.05, 0.1) is 0 Å². The fourth-order valence-electron chi connectivity index (χ4n) is 3.90. The minimum atomic E-state index is -0.668. The largest absolute Gasteiger partial charge is 0.354 e. The summed E-state index contributed by atoms with van der Waals surface area (Å²) in [6.07, 6.45) is 1.98. The van der Waals surface area contributed by atoms with Crippen LogP contribution in [-0.2, 0) is 4.79 Å². The Morgan fingerprint density at radius 3 is 2.19 bits per heavy atom. The molecule has 1 fully saturated rings. The van der Waals surface area contributed by atoms with Gasteiger partial charge in [0.2, 0.25) is 5.91 Å². The van der Waals surface area contributed by atoms with E-state index in [0.29, 0.717) is 43.6 Å². The molecule has 170 valence electrons. The summed E-state index contributed by atoms with van der Waals surface area (Å²) in [7, 11) is 0. The molecule has 0 saturated carbocycles. The molecule has 2 aromatic carbocycles. The smallest absolute Gasteiger partial charge is 0.253 e. The van der Waals surface area contributed by atoms with Crippen LogP contribution in [0.2, 0.25) is 0 Å². The first-order chi connectivity index (χ1) is 15.4. The van der Waals surface area contributed by atoms with Gasteiger partial charge in [-0.3, -0.25) is 14.4 Å². The van der Waals surface area contributed by atoms with Gasteiger partial charge in [0, 0.05) is 30.8 Å². The van der Waals surface area contributed by atoms with Crippen molar-refractivity contribution in [3.8, 4) is 0 Å². The molecular formula is C25H30FN3O3. The van der Waals surface area contributed by atoms with Gasteiger partial charge < -0.3 is 15.5 Å². The molecule has 2 N–H and O–H groups in total. The Kier molecular flexibility index (Phi) is 7.98. The molecular weight excluding hydrogens is 409 g/mol. The lowest BCUT2D eigenvalue weighted by Crippen LogP contribution is -2.54. The molecule has 0 bridgehead atoms. The van der Waals surface area contributed by atoms with Crippen molar-refractivity contribution < 1.29 is 18.8 Å². The molecule has 32 heavy (non-hydrogen) atoms. The Morgan fingerprint density at radius 1 is 1.00 bits per heavy atom. The molecule has 1 atom stereocenters. The Balaban J connectivity index is 1.66. The summed E-state index contributed by atoms with van der Waals surface area (Å²) in [4.78, 5) is 40.1. The van der Waals surface area contributed by atoms with Crippen LogP contribution in [0, 0.1) is 18.7 Å². The predicted octanol–water partition coefficient (Wildman–Crippen LogP) is 3.31. The molecule has 1 heterocycles. The number of amides is 3. The molecule has 1 aliphatic heterocycles. The number of benzene rings is 2. The maximum atomic E-state index is 13.1. The van der Waals surface area contributed by atoms with Crippen molar-refractivity contribution in [3.63, 3.8) is 0 Å². The van der Waals surface area contributed by atoms with Gasteiger partial charge in [0.15, 0.2) is 0 Å². The van der Waals surface area contributed by atoms with Crippen LogP contribution in [0.25, 0.3) is 0 Å². The first-order valence-electron chi connectivity index (χ1n) is 11.1. The highest BCUT2D eigenvalue weighted by molar-refractivity contribution is 5.97. The first kappa shape index (κ1) is 23.4. The lowest BCUT2D eigenvalue weighted by molar-refractivity contribution is -0.124. The van der Waals surface area contributed by atoms with E-state index in [1.54, 1.807) is 17.0 Å². The van der Waals surface area contributed by atoms with E-state index in [4.69, 9.17) is 0 Å². The zero-order chi connectivity index (χ0) is 23.1. The quantitative estimate of drug-likeness (QED) is 0.695. The van der Waals surface area contributed by atoms with E-state index in [-0.39, 0.29) is 29.5 Å². The van der Waals surface area contributed by atoms with Crippen molar-refractivity contribution in [2.24, 2.45) is 5.92 Å². The highest BCUT2D eigenvalue weighted by atomic mass is 19.1. The third kappa shape index (κ3) is 5.93. The van der Waals surface area contributed by atoms with Gasteiger partial charge in [-0.25, -0.2) is 4.39 Å². The predicted molar refractivity (Wildman–Crippen MR) is 121 cm³/mol. The van der Waals surface area contributed by atoms with E-state index in [2.05, 4.69) is 10.6 Å². The van der Waals surface area contributed by atoms with Crippen molar-refractivity contribution in [1.29, 1.82) is 0 Å². The van der Waals surface area contributed by atoms with Crippen molar-refractivity contribution in [2.75, 3.05) is 19.6 Å². The zero-order valence-electron chi connectivity index (χ0n) is 18.6. The molecule has 6 nitrogen and oxygen atoms in total. The number of halogens is 1. The SMILES string of the molecule is CCCNC(=O)C(NC(=O)c1ccc(C)cc1)C1CCN(C(=O)c2ccc(F)cc2)CC1. The fourth-order valence-corrected chi connectivity index (χ4v) is 3.90. The number of hydrogen-bond acceptors (Lipinski definition) is 3. The average Bonchev–Trinajstić information content (AvgIpc) is 2.81. The number of nitrogens with zero attached hydrogens (tertiary/aromatic N) is 1. The van der Waals surface area contributed by atoms with E-state index in [9.17, 15) is 18.8 Å². The van der Waals surface area contributed by atoms with E-state index in [0.717, 1.165) is 12.0 Å². The average molecular weight is 440 g/mol. The number of piperidine rings is 1. The second kappa shape index (κ2) is 10.9. The highest BCUT2D eigenvalue weighted by Gasteiger charge is 2.34. The molecule has 2 aromatic rings. The Labute approximate surface area is 188 Å². The molecule has 0 spiro atoms. The normalized spacial score (nSPS) is 15.2. The molecule has 1 aliphatic rings. The molecule has 0 aliphatic carbocycles. The van der Waals surface area contributed by atoms with Crippen LogP contribution in [0.4, 0.5) is 4.39 Å². The topological polar surface area (TPSA) is 78.5 Å². The third-order valence-electron chi connectivity index (χ3n) is 5.82. The van der Waals surface area contributed by atoms with Crippen LogP contribution in [-0.4, -0.2) is 48.3 Å². The number of aryl methyl sites for hydroxylation is 1. The van der Waals surface area contributed by atoms with Crippen molar-refractivity contribution in [2.45, 2.75) is 39.2 Å². The standard InChI is InChI=1S/C25H30FN3O3/c1-3-14-27-24(31)22(28-23(30)19-6-4-17(2)5-7-19)18-12-15-29(16-13-18)25(32)20-8-10-21(26)11-9-20/h4-11,18,22H,3,12-16H2,1-2H3,(H,27,31)(H,28,30). The highest BCUT2D eigenvalue weighted by Crippen LogP contribution is 2.23. The van der Waals surface area contributed by atoms with Crippen LogP contribution in [0.3, 0.4) is 0 Å². The second-order valence-electron chi connectivity index (χ2n) is 8.24. The molecule has 0 aromatic heterocycles. The molecule has 0 radical (unpaired) electrons. The van der Waals surface area contributed by atoms with E-state index >= 15 is 0 Å². The van der Waals surface area contributed by atoms with Crippen LogP contribution in [0.5, 0.6) is 0 Å². The zero-order valence-corrected chi connectivity index (χ0v) is 18.6. The van der Waals surface area contributed by atoms with E-state index < -0.39 is 6.04 Å².